The van der Waals surface area contributed by atoms with E-state index >= 15 is 0 Å². The summed E-state index contributed by atoms with van der Waals surface area (Å²) in [4.78, 5) is 0. The molecule has 100 valence electrons. The molecule has 1 rings (SSSR count). The predicted octanol–water partition coefficient (Wildman–Crippen LogP) is 3.67. The van der Waals surface area contributed by atoms with E-state index in [0.29, 0.717) is 6.04 Å². The highest BCUT2D eigenvalue weighted by molar-refractivity contribution is 5.03. The Hall–Kier alpha value is -0.340. The zero-order chi connectivity index (χ0) is 12.6. The van der Waals surface area contributed by atoms with Gasteiger partial charge in [-0.15, -0.1) is 6.58 Å². The van der Waals surface area contributed by atoms with Gasteiger partial charge in [-0.05, 0) is 32.7 Å². The number of nitrogens with one attached hydrogen (secondary N) is 1. The van der Waals surface area contributed by atoms with Gasteiger partial charge in [0.15, 0.2) is 0 Å². The van der Waals surface area contributed by atoms with Crippen LogP contribution in [0.4, 0.5) is 0 Å². The molecule has 0 aromatic rings. The van der Waals surface area contributed by atoms with Crippen molar-refractivity contribution in [1.29, 1.82) is 0 Å². The number of hydrogen-bond donors (Lipinski definition) is 1. The minimum Gasteiger partial charge on any atom is -0.373 e. The van der Waals surface area contributed by atoms with Gasteiger partial charge < -0.3 is 10.1 Å². The largest absolute Gasteiger partial charge is 0.373 e. The molecule has 2 heteroatoms. The van der Waals surface area contributed by atoms with Gasteiger partial charge in [0.2, 0.25) is 0 Å². The standard InChI is InChI=1S/C15H29NO/c1-4-13-16-14(5-2)15(17-6-3)11-9-7-8-10-12-15/h5,14,16H,2,4,6-13H2,1,3H3. The Morgan fingerprint density at radius 1 is 1.24 bits per heavy atom. The molecule has 1 unspecified atom stereocenters. The SMILES string of the molecule is C=CC(NCCC)C1(OCC)CCCCCC1. The minimum atomic E-state index is 0.00215. The molecule has 17 heavy (non-hydrogen) atoms. The molecule has 1 aliphatic carbocycles. The van der Waals surface area contributed by atoms with Gasteiger partial charge in [-0.25, -0.2) is 0 Å². The molecule has 0 aromatic heterocycles. The third-order valence-corrected chi connectivity index (χ3v) is 3.80. The maximum Gasteiger partial charge on any atom is 0.0870 e. The Bertz CT molecular complexity index is 207. The van der Waals surface area contributed by atoms with Crippen LogP contribution in [0, 0.1) is 0 Å². The Balaban J connectivity index is 2.73. The third-order valence-electron chi connectivity index (χ3n) is 3.80. The molecule has 0 aliphatic heterocycles. The maximum atomic E-state index is 6.17. The second kappa shape index (κ2) is 7.88. The topological polar surface area (TPSA) is 21.3 Å². The summed E-state index contributed by atoms with van der Waals surface area (Å²) in [6.45, 7) is 10.2. The van der Waals surface area contributed by atoms with Crippen LogP contribution in [0.25, 0.3) is 0 Å². The van der Waals surface area contributed by atoms with Crippen LogP contribution < -0.4 is 5.32 Å². The van der Waals surface area contributed by atoms with Gasteiger partial charge >= 0.3 is 0 Å². The van der Waals surface area contributed by atoms with Crippen molar-refractivity contribution in [3.05, 3.63) is 12.7 Å². The summed E-state index contributed by atoms with van der Waals surface area (Å²) in [6.07, 6.45) is 10.8. The molecule has 0 amide bonds. The van der Waals surface area contributed by atoms with Crippen LogP contribution >= 0.6 is 0 Å². The quantitative estimate of drug-likeness (QED) is 0.540. The lowest BCUT2D eigenvalue weighted by atomic mass is 9.85. The minimum absolute atomic E-state index is 0.00215. The first-order valence-electron chi connectivity index (χ1n) is 7.29. The summed E-state index contributed by atoms with van der Waals surface area (Å²) < 4.78 is 6.17. The van der Waals surface area contributed by atoms with Gasteiger partial charge in [0, 0.05) is 6.61 Å². The normalized spacial score (nSPS) is 21.8. The fourth-order valence-corrected chi connectivity index (χ4v) is 2.94. The summed E-state index contributed by atoms with van der Waals surface area (Å²) >= 11 is 0. The number of ether oxygens (including phenoxy) is 1. The van der Waals surface area contributed by atoms with E-state index in [1.807, 2.05) is 0 Å². The highest BCUT2D eigenvalue weighted by Gasteiger charge is 2.37. The molecule has 1 saturated carbocycles. The van der Waals surface area contributed by atoms with Crippen molar-refractivity contribution in [2.24, 2.45) is 0 Å². The van der Waals surface area contributed by atoms with E-state index < -0.39 is 0 Å². The van der Waals surface area contributed by atoms with Crippen molar-refractivity contribution in [1.82, 2.24) is 5.32 Å². The average molecular weight is 239 g/mol. The molecule has 0 heterocycles. The second-order valence-corrected chi connectivity index (χ2v) is 5.08. The van der Waals surface area contributed by atoms with E-state index in [1.54, 1.807) is 0 Å². The van der Waals surface area contributed by atoms with Gasteiger partial charge in [-0.2, -0.15) is 0 Å². The van der Waals surface area contributed by atoms with Crippen LogP contribution in [0.2, 0.25) is 0 Å². The number of rotatable bonds is 7. The zero-order valence-corrected chi connectivity index (χ0v) is 11.6. The highest BCUT2D eigenvalue weighted by Crippen LogP contribution is 2.34. The summed E-state index contributed by atoms with van der Waals surface area (Å²) in [5, 5.41) is 3.60. The van der Waals surface area contributed by atoms with Crippen LogP contribution in [0.1, 0.15) is 58.8 Å². The molecule has 1 fully saturated rings. The Labute approximate surface area is 107 Å². The van der Waals surface area contributed by atoms with Gasteiger partial charge in [-0.3, -0.25) is 0 Å². The van der Waals surface area contributed by atoms with Crippen molar-refractivity contribution in [2.75, 3.05) is 13.2 Å². The maximum absolute atomic E-state index is 6.17. The fourth-order valence-electron chi connectivity index (χ4n) is 2.94. The van der Waals surface area contributed by atoms with E-state index in [-0.39, 0.29) is 5.60 Å². The van der Waals surface area contributed by atoms with Crippen molar-refractivity contribution in [2.45, 2.75) is 70.4 Å². The fraction of sp³-hybridized carbons (Fsp3) is 0.867. The van der Waals surface area contributed by atoms with Gasteiger partial charge in [0.25, 0.3) is 0 Å². The second-order valence-electron chi connectivity index (χ2n) is 5.08. The van der Waals surface area contributed by atoms with Gasteiger partial charge in [0.05, 0.1) is 11.6 Å². The van der Waals surface area contributed by atoms with Crippen molar-refractivity contribution in [3.63, 3.8) is 0 Å². The van der Waals surface area contributed by atoms with E-state index in [4.69, 9.17) is 4.74 Å². The van der Waals surface area contributed by atoms with Crippen LogP contribution in [0.5, 0.6) is 0 Å². The highest BCUT2D eigenvalue weighted by atomic mass is 16.5. The molecule has 2 nitrogen and oxygen atoms in total. The molecule has 1 N–H and O–H groups in total. The molecule has 1 aliphatic rings. The molecule has 0 bridgehead atoms. The summed E-state index contributed by atoms with van der Waals surface area (Å²) in [5.74, 6) is 0. The summed E-state index contributed by atoms with van der Waals surface area (Å²) in [5.41, 5.74) is 0.00215. The smallest absolute Gasteiger partial charge is 0.0870 e. The molecule has 1 atom stereocenters. The first-order valence-corrected chi connectivity index (χ1v) is 7.29. The van der Waals surface area contributed by atoms with Crippen molar-refractivity contribution >= 4 is 0 Å². The van der Waals surface area contributed by atoms with Gasteiger partial charge in [-0.1, -0.05) is 38.7 Å². The van der Waals surface area contributed by atoms with Crippen LogP contribution in [-0.2, 0) is 4.74 Å². The predicted molar refractivity (Wildman–Crippen MR) is 74.3 cm³/mol. The van der Waals surface area contributed by atoms with Crippen LogP contribution in [0.3, 0.4) is 0 Å². The first-order chi connectivity index (χ1) is 8.29. The Morgan fingerprint density at radius 3 is 2.35 bits per heavy atom. The molecule has 0 radical (unpaired) electrons. The van der Waals surface area contributed by atoms with Crippen LogP contribution in [-0.4, -0.2) is 24.8 Å². The van der Waals surface area contributed by atoms with E-state index in [2.05, 4.69) is 31.8 Å². The molecular formula is C15H29NO. The van der Waals surface area contributed by atoms with E-state index in [0.717, 1.165) is 19.6 Å². The third kappa shape index (κ3) is 4.11. The lowest BCUT2D eigenvalue weighted by Gasteiger charge is -2.39. The average Bonchev–Trinajstić information content (AvgIpc) is 2.57. The Kier molecular flexibility index (Phi) is 6.83. The Morgan fingerprint density at radius 2 is 1.88 bits per heavy atom. The zero-order valence-electron chi connectivity index (χ0n) is 11.6. The molecule has 0 aromatic carbocycles. The monoisotopic (exact) mass is 239 g/mol. The molecule has 0 saturated heterocycles. The van der Waals surface area contributed by atoms with Gasteiger partial charge in [0.1, 0.15) is 0 Å². The van der Waals surface area contributed by atoms with Crippen molar-refractivity contribution in [3.8, 4) is 0 Å². The molecule has 0 spiro atoms. The van der Waals surface area contributed by atoms with E-state index in [1.165, 1.54) is 38.5 Å². The lowest BCUT2D eigenvalue weighted by Crippen LogP contribution is -2.51. The first kappa shape index (κ1) is 14.7. The number of hydrogen-bond acceptors (Lipinski definition) is 2. The lowest BCUT2D eigenvalue weighted by molar-refractivity contribution is -0.0660. The van der Waals surface area contributed by atoms with Crippen LogP contribution in [0.15, 0.2) is 12.7 Å². The summed E-state index contributed by atoms with van der Waals surface area (Å²) in [7, 11) is 0. The molecular weight excluding hydrogens is 210 g/mol. The summed E-state index contributed by atoms with van der Waals surface area (Å²) in [6, 6.07) is 0.306. The van der Waals surface area contributed by atoms with E-state index in [9.17, 15) is 0 Å². The van der Waals surface area contributed by atoms with Crippen molar-refractivity contribution < 1.29 is 4.74 Å².